The highest BCUT2D eigenvalue weighted by Crippen LogP contribution is 2.14. The van der Waals surface area contributed by atoms with E-state index in [9.17, 15) is 0 Å². The van der Waals surface area contributed by atoms with Gasteiger partial charge in [-0.1, -0.05) is 0 Å². The third-order valence-corrected chi connectivity index (χ3v) is 2.48. The molecule has 12 heavy (non-hydrogen) atoms. The maximum absolute atomic E-state index is 5.71. The van der Waals surface area contributed by atoms with Crippen molar-refractivity contribution in [3.63, 3.8) is 0 Å². The normalized spacial score (nSPS) is 14.0. The van der Waals surface area contributed by atoms with Crippen LogP contribution in [0, 0.1) is 0 Å². The van der Waals surface area contributed by atoms with Crippen LogP contribution < -0.4 is 5.73 Å². The first-order chi connectivity index (χ1) is 5.14. The highest BCUT2D eigenvalue weighted by molar-refractivity contribution is 6.08. The average Bonchev–Trinajstić information content (AvgIpc) is 2.06. The molecule has 0 radical (unpaired) electrons. The van der Waals surface area contributed by atoms with Crippen LogP contribution in [0.4, 0.5) is 0 Å². The van der Waals surface area contributed by atoms with Gasteiger partial charge in [0.2, 0.25) is 0 Å². The molecule has 0 aliphatic heterocycles. The number of halogens is 1. The molecule has 2 N–H and O–H groups in total. The monoisotopic (exact) mass is 215 g/mol. The van der Waals surface area contributed by atoms with Gasteiger partial charge in [-0.25, -0.2) is 0 Å². The van der Waals surface area contributed by atoms with Crippen LogP contribution in [-0.2, 0) is 14.2 Å². The minimum atomic E-state index is -1.09. The van der Waals surface area contributed by atoms with Crippen LogP contribution in [0.1, 0.15) is 0 Å². The Hall–Kier alpha value is 0.347. The van der Waals surface area contributed by atoms with Gasteiger partial charge >= 0.3 is 0 Å². The van der Waals surface area contributed by atoms with Gasteiger partial charge < -0.3 is 14.2 Å². The second kappa shape index (κ2) is 6.82. The van der Waals surface area contributed by atoms with E-state index in [0.29, 0.717) is 0 Å². The van der Waals surface area contributed by atoms with Gasteiger partial charge in [0, 0.05) is 31.6 Å². The molecule has 0 heterocycles. The number of hydrogen-bond acceptors (Lipinski definition) is 4. The molecule has 0 spiro atoms. The molecular formula is C6H18ClNO3Si. The minimum absolute atomic E-state index is 0. The zero-order valence-electron chi connectivity index (χ0n) is 7.99. The molecule has 0 amide bonds. The van der Waals surface area contributed by atoms with Gasteiger partial charge in [0.05, 0.1) is 0 Å². The van der Waals surface area contributed by atoms with E-state index in [2.05, 4.69) is 0 Å². The maximum atomic E-state index is 5.71. The lowest BCUT2D eigenvalue weighted by molar-refractivity contribution is -0.256. The molecular weight excluding hydrogens is 198 g/mol. The van der Waals surface area contributed by atoms with Crippen LogP contribution in [-0.4, -0.2) is 43.6 Å². The Kier molecular flexibility index (Phi) is 8.44. The number of rotatable bonds is 5. The summed E-state index contributed by atoms with van der Waals surface area (Å²) in [5, 5.41) is 0. The second-order valence-electron chi connectivity index (χ2n) is 2.26. The Morgan fingerprint density at radius 1 is 1.33 bits per heavy atom. The molecule has 4 nitrogen and oxygen atoms in total. The summed E-state index contributed by atoms with van der Waals surface area (Å²) in [6, 6.07) is 0.884. The number of ether oxygens (including phenoxy) is 3. The van der Waals surface area contributed by atoms with E-state index in [1.165, 1.54) is 14.2 Å². The van der Waals surface area contributed by atoms with Crippen LogP contribution >= 0.6 is 12.4 Å². The van der Waals surface area contributed by atoms with Gasteiger partial charge in [-0.15, -0.1) is 12.4 Å². The fraction of sp³-hybridized carbons (Fsp3) is 1.00. The number of methoxy groups -OCH3 is 3. The van der Waals surface area contributed by atoms with Gasteiger partial charge in [-0.3, -0.25) is 5.73 Å². The highest BCUT2D eigenvalue weighted by Gasteiger charge is 2.34. The van der Waals surface area contributed by atoms with Crippen molar-refractivity contribution < 1.29 is 14.2 Å². The summed E-state index contributed by atoms with van der Waals surface area (Å²) in [6.07, 6.45) is -0.177. The summed E-state index contributed by atoms with van der Waals surface area (Å²) in [5.41, 5.74) is 5.71. The highest BCUT2D eigenvalue weighted by atomic mass is 35.5. The van der Waals surface area contributed by atoms with Crippen molar-refractivity contribution in [2.75, 3.05) is 21.3 Å². The van der Waals surface area contributed by atoms with Gasteiger partial charge in [0.1, 0.15) is 6.10 Å². The zero-order chi connectivity index (χ0) is 8.91. The lowest BCUT2D eigenvalue weighted by Gasteiger charge is -2.32. The van der Waals surface area contributed by atoms with Gasteiger partial charge in [-0.05, 0) is 6.04 Å². The Bertz CT molecular complexity index is 109. The van der Waals surface area contributed by atoms with E-state index >= 15 is 0 Å². The Morgan fingerprint density at radius 2 is 1.75 bits per heavy atom. The van der Waals surface area contributed by atoms with E-state index in [1.54, 1.807) is 7.11 Å². The summed E-state index contributed by atoms with van der Waals surface area (Å²) >= 11 is 0. The van der Waals surface area contributed by atoms with Crippen molar-refractivity contribution >= 4 is 22.6 Å². The fourth-order valence-corrected chi connectivity index (χ4v) is 1.86. The quantitative estimate of drug-likeness (QED) is 0.478. The summed E-state index contributed by atoms with van der Waals surface area (Å²) in [4.78, 5) is 0. The van der Waals surface area contributed by atoms with E-state index in [4.69, 9.17) is 19.9 Å². The van der Waals surface area contributed by atoms with Crippen molar-refractivity contribution in [1.29, 1.82) is 0 Å². The molecule has 1 atom stereocenters. The number of nitrogens with two attached hydrogens (primary N) is 1. The third kappa shape index (κ3) is 3.38. The Labute approximate surface area is 82.6 Å². The molecule has 0 aromatic rings. The molecule has 0 saturated heterocycles. The predicted molar refractivity (Wildman–Crippen MR) is 53.7 cm³/mol. The maximum Gasteiger partial charge on any atom is 0.251 e. The number of hydrogen-bond donors (Lipinski definition) is 1. The smallest absolute Gasteiger partial charge is 0.251 e. The lowest BCUT2D eigenvalue weighted by Crippen LogP contribution is -2.54. The van der Waals surface area contributed by atoms with Crippen LogP contribution in [0.25, 0.3) is 0 Å². The van der Waals surface area contributed by atoms with Crippen LogP contribution in [0.3, 0.4) is 0 Å². The standard InChI is InChI=1S/C6H17NO3Si.ClH/c1-8-5(4-11)6(7,9-2)10-3;/h5H,4,7H2,1-3,11H3;1H. The molecule has 0 fully saturated rings. The van der Waals surface area contributed by atoms with E-state index in [-0.39, 0.29) is 18.5 Å². The van der Waals surface area contributed by atoms with Crippen molar-refractivity contribution in [3.8, 4) is 0 Å². The van der Waals surface area contributed by atoms with Gasteiger partial charge in [0.15, 0.2) is 0 Å². The van der Waals surface area contributed by atoms with Crippen molar-refractivity contribution in [2.24, 2.45) is 5.73 Å². The van der Waals surface area contributed by atoms with Crippen LogP contribution in [0.15, 0.2) is 0 Å². The molecule has 1 unspecified atom stereocenters. The molecule has 0 aliphatic rings. The largest absolute Gasteiger partial charge is 0.375 e. The second-order valence-corrected chi connectivity index (χ2v) is 3.08. The van der Waals surface area contributed by atoms with E-state index in [1.807, 2.05) is 0 Å². The summed E-state index contributed by atoms with van der Waals surface area (Å²) < 4.78 is 15.1. The molecule has 0 aromatic carbocycles. The first-order valence-electron chi connectivity index (χ1n) is 3.56. The molecule has 0 aliphatic carbocycles. The minimum Gasteiger partial charge on any atom is -0.375 e. The molecule has 6 heteroatoms. The lowest BCUT2D eigenvalue weighted by atomic mass is 10.3. The van der Waals surface area contributed by atoms with E-state index in [0.717, 1.165) is 16.3 Å². The summed E-state index contributed by atoms with van der Waals surface area (Å²) in [6.45, 7) is 0. The first-order valence-corrected chi connectivity index (χ1v) is 4.98. The Balaban J connectivity index is 0. The molecule has 0 rings (SSSR count). The SMILES string of the molecule is COC(C[SiH3])C(N)(OC)OC.Cl. The van der Waals surface area contributed by atoms with Gasteiger partial charge in [-0.2, -0.15) is 0 Å². The van der Waals surface area contributed by atoms with Gasteiger partial charge in [0.25, 0.3) is 5.91 Å². The summed E-state index contributed by atoms with van der Waals surface area (Å²) in [5.74, 6) is -1.09. The van der Waals surface area contributed by atoms with Crippen molar-refractivity contribution in [3.05, 3.63) is 0 Å². The molecule has 76 valence electrons. The zero-order valence-corrected chi connectivity index (χ0v) is 10.8. The third-order valence-electron chi connectivity index (χ3n) is 1.74. The van der Waals surface area contributed by atoms with Crippen LogP contribution in [0.2, 0.25) is 6.04 Å². The van der Waals surface area contributed by atoms with Crippen molar-refractivity contribution in [2.45, 2.75) is 18.1 Å². The molecule has 0 aromatic heterocycles. The molecule has 0 saturated carbocycles. The Morgan fingerprint density at radius 3 is 1.83 bits per heavy atom. The van der Waals surface area contributed by atoms with Crippen molar-refractivity contribution in [1.82, 2.24) is 0 Å². The molecule has 0 bridgehead atoms. The first kappa shape index (κ1) is 14.8. The van der Waals surface area contributed by atoms with E-state index < -0.39 is 5.91 Å². The summed E-state index contributed by atoms with van der Waals surface area (Å²) in [7, 11) is 5.62. The average molecular weight is 216 g/mol. The van der Waals surface area contributed by atoms with Crippen LogP contribution in [0.5, 0.6) is 0 Å². The predicted octanol–water partition coefficient (Wildman–Crippen LogP) is -0.888. The fourth-order valence-electron chi connectivity index (χ4n) is 0.962. The topological polar surface area (TPSA) is 53.7 Å².